The highest BCUT2D eigenvalue weighted by Gasteiger charge is 2.31. The molecule has 20 heavy (non-hydrogen) atoms. The van der Waals surface area contributed by atoms with E-state index in [4.69, 9.17) is 5.73 Å². The summed E-state index contributed by atoms with van der Waals surface area (Å²) in [5.74, 6) is 0.105. The zero-order valence-electron chi connectivity index (χ0n) is 12.4. The molecule has 1 saturated carbocycles. The average molecular weight is 276 g/mol. The lowest BCUT2D eigenvalue weighted by molar-refractivity contribution is 0.0633. The van der Waals surface area contributed by atoms with Crippen molar-refractivity contribution in [2.24, 2.45) is 0 Å². The molecule has 2 fully saturated rings. The minimum absolute atomic E-state index is 0.105. The Labute approximate surface area is 120 Å². The first-order valence-corrected chi connectivity index (χ1v) is 7.49. The molecular formula is C15H24N4O. The van der Waals surface area contributed by atoms with Crippen LogP contribution < -0.4 is 5.73 Å². The van der Waals surface area contributed by atoms with E-state index in [-0.39, 0.29) is 5.91 Å². The van der Waals surface area contributed by atoms with Gasteiger partial charge in [0.2, 0.25) is 0 Å². The summed E-state index contributed by atoms with van der Waals surface area (Å²) in [5.41, 5.74) is 7.32. The summed E-state index contributed by atoms with van der Waals surface area (Å²) in [6, 6.07) is 2.61. The maximum absolute atomic E-state index is 12.7. The number of hydrogen-bond donors (Lipinski definition) is 1. The van der Waals surface area contributed by atoms with Gasteiger partial charge in [0.25, 0.3) is 5.91 Å². The van der Waals surface area contributed by atoms with Gasteiger partial charge in [-0.3, -0.25) is 4.79 Å². The molecule has 0 bridgehead atoms. The first kappa shape index (κ1) is 13.5. The topological polar surface area (TPSA) is 54.5 Å². The van der Waals surface area contributed by atoms with Gasteiger partial charge < -0.3 is 20.1 Å². The third-order valence-corrected chi connectivity index (χ3v) is 4.50. The molecule has 2 N–H and O–H groups in total. The number of nitrogens with two attached hydrogens (primary N) is 1. The van der Waals surface area contributed by atoms with Gasteiger partial charge >= 0.3 is 0 Å². The average Bonchev–Trinajstić information content (AvgIpc) is 3.20. The Morgan fingerprint density at radius 3 is 2.80 bits per heavy atom. The van der Waals surface area contributed by atoms with Crippen LogP contribution in [0.25, 0.3) is 0 Å². The predicted molar refractivity (Wildman–Crippen MR) is 79.7 cm³/mol. The molecule has 5 nitrogen and oxygen atoms in total. The molecule has 3 rings (SSSR count). The molecule has 5 heteroatoms. The molecule has 1 amide bonds. The zero-order valence-corrected chi connectivity index (χ0v) is 12.4. The minimum atomic E-state index is 0.105. The van der Waals surface area contributed by atoms with Crippen LogP contribution >= 0.6 is 0 Å². The summed E-state index contributed by atoms with van der Waals surface area (Å²) in [7, 11) is 4.04. The van der Waals surface area contributed by atoms with Gasteiger partial charge in [0.05, 0.1) is 5.69 Å². The molecular weight excluding hydrogens is 252 g/mol. The number of carbonyl (C=O) groups is 1. The Kier molecular flexibility index (Phi) is 3.46. The number of likely N-dealkylation sites (N-methyl/N-ethyl adjacent to an activating group) is 2. The van der Waals surface area contributed by atoms with Gasteiger partial charge in [-0.05, 0) is 45.3 Å². The van der Waals surface area contributed by atoms with E-state index in [0.717, 1.165) is 44.5 Å². The van der Waals surface area contributed by atoms with E-state index >= 15 is 0 Å². The molecule has 1 unspecified atom stereocenters. The molecule has 1 atom stereocenters. The van der Waals surface area contributed by atoms with E-state index in [0.29, 0.717) is 17.8 Å². The Morgan fingerprint density at radius 2 is 2.15 bits per heavy atom. The van der Waals surface area contributed by atoms with Gasteiger partial charge in [0.15, 0.2) is 0 Å². The van der Waals surface area contributed by atoms with Crippen LogP contribution in [0.4, 0.5) is 5.69 Å². The Balaban J connectivity index is 1.77. The number of carbonyl (C=O) groups excluding carboxylic acids is 1. The first-order chi connectivity index (χ1) is 9.56. The molecule has 2 heterocycles. The zero-order chi connectivity index (χ0) is 14.3. The molecule has 1 aliphatic heterocycles. The highest BCUT2D eigenvalue weighted by molar-refractivity contribution is 5.94. The fourth-order valence-corrected chi connectivity index (χ4v) is 3.13. The van der Waals surface area contributed by atoms with Gasteiger partial charge in [0.1, 0.15) is 5.69 Å². The van der Waals surface area contributed by atoms with E-state index in [9.17, 15) is 4.79 Å². The van der Waals surface area contributed by atoms with Crippen molar-refractivity contribution >= 4 is 11.6 Å². The van der Waals surface area contributed by atoms with Crippen LogP contribution in [0.2, 0.25) is 0 Å². The van der Waals surface area contributed by atoms with Gasteiger partial charge in [-0.1, -0.05) is 0 Å². The summed E-state index contributed by atoms with van der Waals surface area (Å²) in [6.07, 6.45) is 6.47. The molecule has 1 saturated heterocycles. The van der Waals surface area contributed by atoms with Crippen molar-refractivity contribution in [2.75, 3.05) is 32.9 Å². The minimum Gasteiger partial charge on any atom is -0.397 e. The van der Waals surface area contributed by atoms with Crippen LogP contribution in [0.15, 0.2) is 12.3 Å². The number of nitrogens with zero attached hydrogens (tertiary/aromatic N) is 3. The highest BCUT2D eigenvalue weighted by Crippen LogP contribution is 2.37. The molecule has 1 aliphatic carbocycles. The molecule has 0 radical (unpaired) electrons. The quantitative estimate of drug-likeness (QED) is 0.912. The van der Waals surface area contributed by atoms with Crippen LogP contribution in [0, 0.1) is 0 Å². The van der Waals surface area contributed by atoms with E-state index in [1.165, 1.54) is 0 Å². The van der Waals surface area contributed by atoms with Gasteiger partial charge in [-0.25, -0.2) is 0 Å². The normalized spacial score (nSPS) is 23.8. The van der Waals surface area contributed by atoms with Gasteiger partial charge in [0, 0.05) is 31.9 Å². The second-order valence-corrected chi connectivity index (χ2v) is 6.27. The molecule has 2 aliphatic rings. The molecule has 110 valence electrons. The lowest BCUT2D eigenvalue weighted by Gasteiger charge is -2.36. The monoisotopic (exact) mass is 276 g/mol. The fraction of sp³-hybridized carbons (Fsp3) is 0.667. The standard InChI is InChI=1S/C15H24N4O/c1-17-7-3-4-13(10-17)18(2)15(20)14-8-11(16)9-19(14)12-5-6-12/h8-9,12-13H,3-7,10,16H2,1-2H3. The number of rotatable bonds is 3. The molecule has 0 spiro atoms. The molecule has 1 aromatic rings. The number of likely N-dealkylation sites (tertiary alicyclic amines) is 1. The van der Waals surface area contributed by atoms with Crippen molar-refractivity contribution in [3.8, 4) is 0 Å². The summed E-state index contributed by atoms with van der Waals surface area (Å²) >= 11 is 0. The SMILES string of the molecule is CN1CCCC(N(C)C(=O)c2cc(N)cn2C2CC2)C1. The van der Waals surface area contributed by atoms with Crippen molar-refractivity contribution in [3.05, 3.63) is 18.0 Å². The van der Waals surface area contributed by atoms with Crippen molar-refractivity contribution < 1.29 is 4.79 Å². The molecule has 0 aromatic carbocycles. The van der Waals surface area contributed by atoms with Crippen LogP contribution in [0.5, 0.6) is 0 Å². The third kappa shape index (κ3) is 2.54. The Hall–Kier alpha value is -1.49. The number of hydrogen-bond acceptors (Lipinski definition) is 3. The highest BCUT2D eigenvalue weighted by atomic mass is 16.2. The van der Waals surface area contributed by atoms with Crippen LogP contribution in [-0.4, -0.2) is 53.5 Å². The van der Waals surface area contributed by atoms with Crippen molar-refractivity contribution in [3.63, 3.8) is 0 Å². The van der Waals surface area contributed by atoms with E-state index in [1.807, 2.05) is 24.2 Å². The largest absolute Gasteiger partial charge is 0.397 e. The van der Waals surface area contributed by atoms with E-state index in [1.54, 1.807) is 0 Å². The van der Waals surface area contributed by atoms with E-state index in [2.05, 4.69) is 16.5 Å². The lowest BCUT2D eigenvalue weighted by Crippen LogP contribution is -2.47. The Morgan fingerprint density at radius 1 is 1.40 bits per heavy atom. The van der Waals surface area contributed by atoms with E-state index < -0.39 is 0 Å². The fourth-order valence-electron chi connectivity index (χ4n) is 3.13. The second-order valence-electron chi connectivity index (χ2n) is 6.27. The number of anilines is 1. The number of piperidine rings is 1. The predicted octanol–water partition coefficient (Wildman–Crippen LogP) is 1.57. The maximum Gasteiger partial charge on any atom is 0.270 e. The summed E-state index contributed by atoms with van der Waals surface area (Å²) in [4.78, 5) is 17.0. The number of aromatic nitrogens is 1. The lowest BCUT2D eigenvalue weighted by atomic mass is 10.0. The maximum atomic E-state index is 12.7. The number of amides is 1. The second kappa shape index (κ2) is 5.13. The smallest absolute Gasteiger partial charge is 0.270 e. The van der Waals surface area contributed by atoms with Crippen LogP contribution in [0.3, 0.4) is 0 Å². The van der Waals surface area contributed by atoms with Crippen LogP contribution in [0.1, 0.15) is 42.2 Å². The first-order valence-electron chi connectivity index (χ1n) is 7.49. The van der Waals surface area contributed by atoms with Crippen molar-refractivity contribution in [2.45, 2.75) is 37.8 Å². The number of nitrogen functional groups attached to an aromatic ring is 1. The van der Waals surface area contributed by atoms with Crippen molar-refractivity contribution in [1.29, 1.82) is 0 Å². The molecule has 1 aromatic heterocycles. The van der Waals surface area contributed by atoms with Crippen LogP contribution in [-0.2, 0) is 0 Å². The summed E-state index contributed by atoms with van der Waals surface area (Å²) in [5, 5.41) is 0. The Bertz CT molecular complexity index is 506. The van der Waals surface area contributed by atoms with Gasteiger partial charge in [-0.15, -0.1) is 0 Å². The summed E-state index contributed by atoms with van der Waals surface area (Å²) < 4.78 is 2.07. The third-order valence-electron chi connectivity index (χ3n) is 4.50. The van der Waals surface area contributed by atoms with Crippen molar-refractivity contribution in [1.82, 2.24) is 14.4 Å². The van der Waals surface area contributed by atoms with Gasteiger partial charge in [-0.2, -0.15) is 0 Å². The summed E-state index contributed by atoms with van der Waals surface area (Å²) in [6.45, 7) is 2.09.